The highest BCUT2D eigenvalue weighted by Crippen LogP contribution is 2.14. The molecule has 104 valence electrons. The van der Waals surface area contributed by atoms with E-state index in [0.717, 1.165) is 31.3 Å². The fourth-order valence-corrected chi connectivity index (χ4v) is 2.24. The van der Waals surface area contributed by atoms with E-state index >= 15 is 0 Å². The van der Waals surface area contributed by atoms with Crippen LogP contribution < -0.4 is 5.32 Å². The first-order chi connectivity index (χ1) is 8.73. The summed E-state index contributed by atoms with van der Waals surface area (Å²) in [5.41, 5.74) is 1.23. The Morgan fingerprint density at radius 2 is 2.00 bits per heavy atom. The van der Waals surface area contributed by atoms with Gasteiger partial charge >= 0.3 is 0 Å². The molecule has 3 heteroatoms. The first kappa shape index (κ1) is 15.3. The quantitative estimate of drug-likeness (QED) is 0.731. The molecule has 0 atom stereocenters. The van der Waals surface area contributed by atoms with Crippen molar-refractivity contribution >= 4 is 0 Å². The Labute approximate surface area is 112 Å². The van der Waals surface area contributed by atoms with E-state index in [-0.39, 0.29) is 0 Å². The number of furan rings is 1. The second-order valence-electron chi connectivity index (χ2n) is 4.96. The number of nitrogens with zero attached hydrogens (tertiary/aromatic N) is 1. The van der Waals surface area contributed by atoms with Crippen LogP contribution in [0, 0.1) is 5.92 Å². The monoisotopic (exact) mass is 252 g/mol. The van der Waals surface area contributed by atoms with Gasteiger partial charge in [-0.25, -0.2) is 0 Å². The smallest absolute Gasteiger partial charge is 0.118 e. The molecule has 1 heterocycles. The lowest BCUT2D eigenvalue weighted by atomic mass is 10.0. The zero-order chi connectivity index (χ0) is 13.4. The van der Waals surface area contributed by atoms with Gasteiger partial charge in [0.1, 0.15) is 5.76 Å². The van der Waals surface area contributed by atoms with E-state index in [1.165, 1.54) is 24.9 Å². The lowest BCUT2D eigenvalue weighted by Crippen LogP contribution is -2.28. The van der Waals surface area contributed by atoms with Crippen molar-refractivity contribution in [2.24, 2.45) is 5.92 Å². The van der Waals surface area contributed by atoms with Gasteiger partial charge in [-0.1, -0.05) is 33.6 Å². The van der Waals surface area contributed by atoms with Gasteiger partial charge < -0.3 is 9.73 Å². The van der Waals surface area contributed by atoms with Gasteiger partial charge in [0, 0.05) is 18.7 Å². The topological polar surface area (TPSA) is 28.4 Å². The second kappa shape index (κ2) is 8.33. The number of nitrogens with one attached hydrogen (secondary N) is 1. The zero-order valence-electron chi connectivity index (χ0n) is 12.3. The van der Waals surface area contributed by atoms with Crippen molar-refractivity contribution in [2.75, 3.05) is 20.1 Å². The molecule has 0 aliphatic rings. The Morgan fingerprint density at radius 1 is 1.28 bits per heavy atom. The Balaban J connectivity index is 2.50. The molecule has 1 aromatic heterocycles. The standard InChI is InChI=1S/C15H28N2O/c1-5-13(6-2)10-17(7-3)11-15-8-14(9-16-4)12-18-15/h8,12-13,16H,5-7,9-11H2,1-4H3. The van der Waals surface area contributed by atoms with Crippen molar-refractivity contribution in [3.63, 3.8) is 0 Å². The van der Waals surface area contributed by atoms with Crippen molar-refractivity contribution in [1.82, 2.24) is 10.2 Å². The first-order valence-corrected chi connectivity index (χ1v) is 7.16. The maximum Gasteiger partial charge on any atom is 0.118 e. The summed E-state index contributed by atoms with van der Waals surface area (Å²) in [4.78, 5) is 2.47. The molecule has 0 radical (unpaired) electrons. The van der Waals surface area contributed by atoms with Gasteiger partial charge in [0.15, 0.2) is 0 Å². The van der Waals surface area contributed by atoms with Gasteiger partial charge in [-0.15, -0.1) is 0 Å². The van der Waals surface area contributed by atoms with E-state index in [1.807, 2.05) is 13.3 Å². The van der Waals surface area contributed by atoms with E-state index < -0.39 is 0 Å². The van der Waals surface area contributed by atoms with E-state index in [9.17, 15) is 0 Å². The predicted molar refractivity (Wildman–Crippen MR) is 76.5 cm³/mol. The van der Waals surface area contributed by atoms with E-state index in [4.69, 9.17) is 4.42 Å². The van der Waals surface area contributed by atoms with Crippen LogP contribution in [0.25, 0.3) is 0 Å². The van der Waals surface area contributed by atoms with Crippen LogP contribution in [0.5, 0.6) is 0 Å². The van der Waals surface area contributed by atoms with Gasteiger partial charge in [0.2, 0.25) is 0 Å². The first-order valence-electron chi connectivity index (χ1n) is 7.16. The molecule has 3 nitrogen and oxygen atoms in total. The van der Waals surface area contributed by atoms with Gasteiger partial charge in [-0.2, -0.15) is 0 Å². The molecule has 0 aliphatic carbocycles. The van der Waals surface area contributed by atoms with Crippen LogP contribution in [-0.2, 0) is 13.1 Å². The summed E-state index contributed by atoms with van der Waals surface area (Å²) in [6, 6.07) is 2.16. The SMILES string of the molecule is CCC(CC)CN(CC)Cc1cc(CNC)co1. The lowest BCUT2D eigenvalue weighted by molar-refractivity contribution is 0.211. The average molecular weight is 252 g/mol. The van der Waals surface area contributed by atoms with Crippen molar-refractivity contribution in [3.8, 4) is 0 Å². The van der Waals surface area contributed by atoms with Crippen molar-refractivity contribution in [1.29, 1.82) is 0 Å². The van der Waals surface area contributed by atoms with E-state index in [0.29, 0.717) is 0 Å². The molecule has 0 amide bonds. The van der Waals surface area contributed by atoms with Crippen LogP contribution in [0.15, 0.2) is 16.7 Å². The fraction of sp³-hybridized carbons (Fsp3) is 0.733. The molecule has 0 aliphatic heterocycles. The molecule has 1 rings (SSSR count). The van der Waals surface area contributed by atoms with Crippen LogP contribution in [0.2, 0.25) is 0 Å². The highest BCUT2D eigenvalue weighted by Gasteiger charge is 2.12. The Morgan fingerprint density at radius 3 is 2.56 bits per heavy atom. The largest absolute Gasteiger partial charge is 0.468 e. The Hall–Kier alpha value is -0.800. The van der Waals surface area contributed by atoms with Crippen molar-refractivity contribution in [3.05, 3.63) is 23.7 Å². The van der Waals surface area contributed by atoms with Crippen LogP contribution >= 0.6 is 0 Å². The van der Waals surface area contributed by atoms with Gasteiger partial charge in [0.05, 0.1) is 12.8 Å². The van der Waals surface area contributed by atoms with Crippen LogP contribution in [0.3, 0.4) is 0 Å². The minimum absolute atomic E-state index is 0.802. The molecule has 1 aromatic rings. The average Bonchev–Trinajstić information content (AvgIpc) is 2.82. The molecular formula is C15H28N2O. The number of hydrogen-bond donors (Lipinski definition) is 1. The van der Waals surface area contributed by atoms with Gasteiger partial charge in [-0.05, 0) is 25.6 Å². The molecule has 0 saturated heterocycles. The molecule has 0 unspecified atom stereocenters. The maximum absolute atomic E-state index is 5.62. The number of hydrogen-bond acceptors (Lipinski definition) is 3. The summed E-state index contributed by atoms with van der Waals surface area (Å²) in [5.74, 6) is 1.88. The lowest BCUT2D eigenvalue weighted by Gasteiger charge is -2.24. The fourth-order valence-electron chi connectivity index (χ4n) is 2.24. The Bertz CT molecular complexity index is 318. The molecule has 0 bridgehead atoms. The highest BCUT2D eigenvalue weighted by atomic mass is 16.3. The molecule has 0 aromatic carbocycles. The summed E-state index contributed by atoms with van der Waals surface area (Å²) >= 11 is 0. The molecule has 0 fully saturated rings. The summed E-state index contributed by atoms with van der Waals surface area (Å²) in [6.45, 7) is 10.8. The number of rotatable bonds is 9. The third-order valence-electron chi connectivity index (χ3n) is 3.59. The highest BCUT2D eigenvalue weighted by molar-refractivity contribution is 5.12. The normalized spacial score (nSPS) is 11.7. The molecule has 0 spiro atoms. The van der Waals surface area contributed by atoms with Gasteiger partial charge in [0.25, 0.3) is 0 Å². The molecular weight excluding hydrogens is 224 g/mol. The van der Waals surface area contributed by atoms with Gasteiger partial charge in [-0.3, -0.25) is 4.90 Å². The summed E-state index contributed by atoms with van der Waals surface area (Å²) in [5, 5.41) is 3.14. The molecule has 1 N–H and O–H groups in total. The second-order valence-corrected chi connectivity index (χ2v) is 4.96. The van der Waals surface area contributed by atoms with Crippen LogP contribution in [0.4, 0.5) is 0 Å². The zero-order valence-corrected chi connectivity index (χ0v) is 12.3. The third-order valence-corrected chi connectivity index (χ3v) is 3.59. The Kier molecular flexibility index (Phi) is 7.06. The van der Waals surface area contributed by atoms with E-state index in [1.54, 1.807) is 0 Å². The summed E-state index contributed by atoms with van der Waals surface area (Å²) in [7, 11) is 1.96. The third kappa shape index (κ3) is 4.83. The maximum atomic E-state index is 5.62. The minimum Gasteiger partial charge on any atom is -0.468 e. The summed E-state index contributed by atoms with van der Waals surface area (Å²) < 4.78 is 5.62. The van der Waals surface area contributed by atoms with Crippen molar-refractivity contribution < 1.29 is 4.42 Å². The van der Waals surface area contributed by atoms with Crippen LogP contribution in [0.1, 0.15) is 44.9 Å². The van der Waals surface area contributed by atoms with Crippen LogP contribution in [-0.4, -0.2) is 25.0 Å². The molecule has 0 saturated carbocycles. The van der Waals surface area contributed by atoms with E-state index in [2.05, 4.69) is 37.1 Å². The summed E-state index contributed by atoms with van der Waals surface area (Å²) in [6.07, 6.45) is 4.38. The molecule has 18 heavy (non-hydrogen) atoms. The minimum atomic E-state index is 0.802. The predicted octanol–water partition coefficient (Wildman–Crippen LogP) is 3.26. The van der Waals surface area contributed by atoms with Crippen molar-refractivity contribution in [2.45, 2.75) is 46.7 Å².